The Labute approximate surface area is 571 Å². The van der Waals surface area contributed by atoms with Crippen molar-refractivity contribution in [2.24, 2.45) is 11.7 Å². The molecule has 0 radical (unpaired) electrons. The monoisotopic (exact) mass is 1320 g/mol. The molecule has 4 aliphatic rings. The van der Waals surface area contributed by atoms with E-state index in [-0.39, 0.29) is 64.7 Å². The number of fused-ring (bicyclic) bond motifs is 2. The first kappa shape index (κ1) is 66.6. The average Bonchev–Trinajstić information content (AvgIpc) is 1.60. The van der Waals surface area contributed by atoms with Crippen LogP contribution in [0.3, 0.4) is 0 Å². The summed E-state index contributed by atoms with van der Waals surface area (Å²) in [5.41, 5.74) is 29.4. The average molecular weight is 1320 g/mol. The van der Waals surface area contributed by atoms with Gasteiger partial charge >= 0.3 is 0 Å². The van der Waals surface area contributed by atoms with Crippen molar-refractivity contribution in [1.29, 1.82) is 0 Å². The second-order valence-corrected chi connectivity index (χ2v) is 24.1. The highest BCUT2D eigenvalue weighted by molar-refractivity contribution is 6.08. The summed E-state index contributed by atoms with van der Waals surface area (Å²) in [7, 11) is 0. The van der Waals surface area contributed by atoms with Crippen molar-refractivity contribution in [1.82, 2.24) is 49.3 Å². The van der Waals surface area contributed by atoms with Crippen LogP contribution in [-0.4, -0.2) is 111 Å². The molecule has 3 aliphatic heterocycles. The summed E-state index contributed by atoms with van der Waals surface area (Å²) in [6.45, 7) is 11.2. The fourth-order valence-corrected chi connectivity index (χ4v) is 13.1. The number of anilines is 4. The molecule has 3 fully saturated rings. The Balaban J connectivity index is 0.000000141. The molecule has 0 spiro atoms. The highest BCUT2D eigenvalue weighted by atomic mass is 16.5. The van der Waals surface area contributed by atoms with E-state index in [2.05, 4.69) is 50.0 Å². The smallest absolute Gasteiger partial charge is 0.254 e. The summed E-state index contributed by atoms with van der Waals surface area (Å²) in [6.07, 6.45) is 10.8. The van der Waals surface area contributed by atoms with Crippen LogP contribution >= 0.6 is 0 Å². The number of likely N-dealkylation sites (tertiary alicyclic amines) is 2. The van der Waals surface area contributed by atoms with Crippen molar-refractivity contribution in [3.63, 3.8) is 0 Å². The molecule has 2 saturated heterocycles. The molecule has 6 aromatic carbocycles. The minimum Gasteiger partial charge on any atom is -0.457 e. The number of primary amides is 1. The molecule has 4 aromatic heterocycles. The number of carbonyl (C=O) groups excluding carboxylic acids is 5. The molecule has 1 saturated carbocycles. The fraction of sp³-hybridized carbons (Fsp3) is 0.224. The van der Waals surface area contributed by atoms with Crippen molar-refractivity contribution in [3.8, 4) is 68.9 Å². The molecule has 7 heterocycles. The Morgan fingerprint density at radius 3 is 1.55 bits per heavy atom. The topological polar surface area (TPSA) is 314 Å². The van der Waals surface area contributed by atoms with Gasteiger partial charge in [0.25, 0.3) is 5.91 Å². The molecule has 500 valence electrons. The van der Waals surface area contributed by atoms with Gasteiger partial charge < -0.3 is 46.9 Å². The lowest BCUT2D eigenvalue weighted by Gasteiger charge is -2.32. The van der Waals surface area contributed by atoms with E-state index < -0.39 is 11.8 Å². The Hall–Kier alpha value is -12.5. The zero-order valence-electron chi connectivity index (χ0n) is 54.5. The van der Waals surface area contributed by atoms with Gasteiger partial charge in [0.15, 0.2) is 5.65 Å². The molecular weight excluding hydrogens is 1250 g/mol. The van der Waals surface area contributed by atoms with Crippen molar-refractivity contribution in [2.75, 3.05) is 48.3 Å². The zero-order valence-corrected chi connectivity index (χ0v) is 54.5. The van der Waals surface area contributed by atoms with Gasteiger partial charge in [0.1, 0.15) is 87.4 Å². The normalized spacial score (nSPS) is 17.7. The molecule has 1 aliphatic carbocycles. The molecule has 99 heavy (non-hydrogen) atoms. The van der Waals surface area contributed by atoms with Crippen LogP contribution in [0.2, 0.25) is 0 Å². The number of hydrogen-bond donors (Lipinski definition) is 4. The van der Waals surface area contributed by atoms with E-state index in [9.17, 15) is 24.0 Å². The zero-order chi connectivity index (χ0) is 69.1. The quantitative estimate of drug-likeness (QED) is 0.0397. The summed E-state index contributed by atoms with van der Waals surface area (Å²) < 4.78 is 21.1. The third kappa shape index (κ3) is 14.7. The van der Waals surface area contributed by atoms with Gasteiger partial charge in [-0.2, -0.15) is 10.2 Å². The van der Waals surface area contributed by atoms with E-state index in [0.29, 0.717) is 102 Å². The SMILES string of the molecule is C=CC(=O)N1CCC[C@@H](n2nc(-c3ccc(Oc4ccccc4)cc3)c(C(N)=O)c2N)C1.C=CC(=O)N1CCC[C@@H](n2nc(-c3ccc(Oc4ccccc4)cc3)c3c(N)ncnc32)C1.CC#CC(=O)C1CC[C@@H](N2C(=O)C(c3ccc(Oc4ccccc4)cc3)c3c(N)ncnc32)C1. The molecule has 10 aromatic rings. The second-order valence-electron chi connectivity index (χ2n) is 24.1. The first-order chi connectivity index (χ1) is 48.2. The maximum absolute atomic E-state index is 13.7. The number of hydrogen-bond acceptors (Lipinski definition) is 17. The van der Waals surface area contributed by atoms with E-state index in [1.165, 1.54) is 24.8 Å². The summed E-state index contributed by atoms with van der Waals surface area (Å²) in [6, 6.07) is 50.6. The lowest BCUT2D eigenvalue weighted by molar-refractivity contribution is -0.128. The first-order valence-electron chi connectivity index (χ1n) is 32.6. The van der Waals surface area contributed by atoms with Crippen molar-refractivity contribution in [3.05, 3.63) is 218 Å². The summed E-state index contributed by atoms with van der Waals surface area (Å²) in [4.78, 5) is 85.0. The molecule has 5 atom stereocenters. The Bertz CT molecular complexity index is 4670. The predicted octanol–water partition coefficient (Wildman–Crippen LogP) is 11.7. The third-order valence-corrected chi connectivity index (χ3v) is 17.9. The number of para-hydroxylation sites is 3. The molecule has 8 N–H and O–H groups in total. The number of nitrogens with two attached hydrogens (primary N) is 4. The van der Waals surface area contributed by atoms with E-state index in [1.54, 1.807) is 38.4 Å². The fourth-order valence-electron chi connectivity index (χ4n) is 13.1. The van der Waals surface area contributed by atoms with Gasteiger partial charge in [-0.1, -0.05) is 85.8 Å². The summed E-state index contributed by atoms with van der Waals surface area (Å²) >= 11 is 0. The number of rotatable bonds is 16. The Kier molecular flexibility index (Phi) is 20.2. The van der Waals surface area contributed by atoms with Crippen molar-refractivity contribution < 1.29 is 38.2 Å². The number of amides is 4. The molecular formula is C76H73N15O8. The molecule has 0 bridgehead atoms. The number of aromatic nitrogens is 8. The van der Waals surface area contributed by atoms with Gasteiger partial charge in [0, 0.05) is 49.3 Å². The standard InChI is InChI=1S/C27H24N4O3.C25H24N6O2.C24H25N5O3/c1-2-6-22(32)18-9-12-19(15-18)31-26-24(25(28)29-16-30-26)23(27(31)33)17-10-13-21(14-11-17)34-20-7-4-3-5-8-20;1-2-21(32)30-14-6-7-18(15-30)31-25-22(24(26)27-16-28-25)23(29-31)17-10-12-20(13-11-17)33-19-8-4-3-5-9-19;1-2-20(30)28-14-6-7-17(15-28)29-23(25)21(24(26)31)22(27-29)16-10-12-19(13-11-16)32-18-8-4-3-5-9-18/h3-5,7-8,10-11,13-14,16,18-19,23H,9,12,15H2,1H3,(H2,28,29,30);2-5,8-13,16,18H,1,6-7,14-15H2,(H2,26,27,28);2-5,8-13,17H,1,6-7,14-15,25H2,(H2,26,31)/t18?,19-,23?;18-;17-/m111/s1. The van der Waals surface area contributed by atoms with Gasteiger partial charge in [-0.3, -0.25) is 28.9 Å². The molecule has 23 nitrogen and oxygen atoms in total. The number of ketones is 1. The lowest BCUT2D eigenvalue weighted by atomic mass is 9.93. The van der Waals surface area contributed by atoms with Crippen LogP contribution in [0, 0.1) is 17.8 Å². The number of benzene rings is 6. The van der Waals surface area contributed by atoms with Gasteiger partial charge in [-0.25, -0.2) is 29.3 Å². The number of carbonyl (C=O) groups is 5. The van der Waals surface area contributed by atoms with Gasteiger partial charge in [-0.15, -0.1) is 0 Å². The van der Waals surface area contributed by atoms with Crippen LogP contribution in [0.5, 0.6) is 34.5 Å². The van der Waals surface area contributed by atoms with Crippen LogP contribution in [0.4, 0.5) is 23.3 Å². The highest BCUT2D eigenvalue weighted by Gasteiger charge is 2.47. The molecule has 4 amide bonds. The number of nitrogens with zero attached hydrogens (tertiary/aromatic N) is 11. The van der Waals surface area contributed by atoms with Crippen LogP contribution < -0.4 is 42.0 Å². The van der Waals surface area contributed by atoms with Crippen molar-refractivity contribution >= 4 is 63.7 Å². The Morgan fingerprint density at radius 1 is 0.556 bits per heavy atom. The molecule has 2 unspecified atom stereocenters. The summed E-state index contributed by atoms with van der Waals surface area (Å²) in [5, 5.41) is 10.3. The number of piperidine rings is 2. The van der Waals surface area contributed by atoms with Crippen LogP contribution in [0.1, 0.15) is 91.4 Å². The maximum Gasteiger partial charge on any atom is 0.254 e. The Morgan fingerprint density at radius 2 is 1.03 bits per heavy atom. The van der Waals surface area contributed by atoms with Crippen LogP contribution in [0.15, 0.2) is 202 Å². The number of ether oxygens (including phenoxy) is 3. The largest absolute Gasteiger partial charge is 0.457 e. The minimum absolute atomic E-state index is 0.00566. The van der Waals surface area contributed by atoms with E-state index in [0.717, 1.165) is 59.8 Å². The van der Waals surface area contributed by atoms with Crippen LogP contribution in [0.25, 0.3) is 33.5 Å². The van der Waals surface area contributed by atoms with E-state index in [4.69, 9.17) is 42.2 Å². The van der Waals surface area contributed by atoms with E-state index in [1.807, 2.05) is 156 Å². The van der Waals surface area contributed by atoms with Crippen molar-refractivity contribution in [2.45, 2.75) is 75.9 Å². The number of Topliss-reactive ketones (excluding diaryl/α,β-unsaturated/α-hetero) is 1. The van der Waals surface area contributed by atoms with Gasteiger partial charge in [0.2, 0.25) is 23.5 Å². The predicted molar refractivity (Wildman–Crippen MR) is 377 cm³/mol. The molecule has 14 rings (SSSR count). The summed E-state index contributed by atoms with van der Waals surface area (Å²) in [5.74, 6) is 9.22. The highest BCUT2D eigenvalue weighted by Crippen LogP contribution is 2.47. The molecule has 23 heteroatoms. The third-order valence-electron chi connectivity index (χ3n) is 17.9. The lowest BCUT2D eigenvalue weighted by Crippen LogP contribution is -2.40. The first-order valence-corrected chi connectivity index (χ1v) is 32.6. The van der Waals surface area contributed by atoms with Crippen LogP contribution in [-0.2, 0) is 19.2 Å². The van der Waals surface area contributed by atoms with Gasteiger partial charge in [-0.05, 0) is 173 Å². The second kappa shape index (κ2) is 30.1. The maximum atomic E-state index is 13.7. The van der Waals surface area contributed by atoms with Gasteiger partial charge in [0.05, 0.1) is 29.0 Å². The van der Waals surface area contributed by atoms with E-state index >= 15 is 0 Å². The number of nitrogen functional groups attached to an aromatic ring is 3. The minimum atomic E-state index is -0.650.